The van der Waals surface area contributed by atoms with Crippen molar-refractivity contribution in [1.82, 2.24) is 9.97 Å². The van der Waals surface area contributed by atoms with Crippen LogP contribution in [0.1, 0.15) is 21.6 Å². The van der Waals surface area contributed by atoms with Crippen molar-refractivity contribution >= 4 is 15.8 Å². The van der Waals surface area contributed by atoms with Crippen LogP contribution in [0.25, 0.3) is 11.3 Å². The first-order valence-electron chi connectivity index (χ1n) is 7.81. The molecule has 1 aromatic heterocycles. The fourth-order valence-electron chi connectivity index (χ4n) is 2.46. The largest absolute Gasteiger partial charge is 0.478 e. The molecule has 0 unspecified atom stereocenters. The SMILES string of the molecule is Cc1cc(-c2ccccc2)nc(S(=O)(=O)Cc2ccc(C(=O)O)cc2)n1. The Bertz CT molecular complexity index is 1050. The van der Waals surface area contributed by atoms with Gasteiger partial charge < -0.3 is 5.11 Å². The second kappa shape index (κ2) is 7.05. The maximum Gasteiger partial charge on any atom is 0.335 e. The molecule has 7 heteroatoms. The minimum atomic E-state index is -3.77. The fraction of sp³-hybridized carbons (Fsp3) is 0.105. The molecule has 0 atom stereocenters. The molecule has 3 rings (SSSR count). The second-order valence-electron chi connectivity index (χ2n) is 5.80. The van der Waals surface area contributed by atoms with Crippen molar-refractivity contribution in [3.8, 4) is 11.3 Å². The highest BCUT2D eigenvalue weighted by Gasteiger charge is 2.21. The molecule has 0 radical (unpaired) electrons. The van der Waals surface area contributed by atoms with Gasteiger partial charge in [-0.3, -0.25) is 0 Å². The summed E-state index contributed by atoms with van der Waals surface area (Å²) in [6.07, 6.45) is 0. The molecule has 3 aromatic rings. The van der Waals surface area contributed by atoms with Gasteiger partial charge in [0.25, 0.3) is 0 Å². The number of benzene rings is 2. The summed E-state index contributed by atoms with van der Waals surface area (Å²) < 4.78 is 25.4. The topological polar surface area (TPSA) is 97.2 Å². The zero-order valence-electron chi connectivity index (χ0n) is 14.0. The number of aryl methyl sites for hydroxylation is 1. The van der Waals surface area contributed by atoms with Crippen molar-refractivity contribution in [3.63, 3.8) is 0 Å². The summed E-state index contributed by atoms with van der Waals surface area (Å²) in [5.74, 6) is -1.36. The number of aromatic carboxylic acids is 1. The Morgan fingerprint density at radius 2 is 1.65 bits per heavy atom. The molecule has 1 heterocycles. The van der Waals surface area contributed by atoms with Gasteiger partial charge in [0.1, 0.15) is 0 Å². The van der Waals surface area contributed by atoms with Crippen LogP contribution < -0.4 is 0 Å². The van der Waals surface area contributed by atoms with Gasteiger partial charge in [0.2, 0.25) is 15.0 Å². The minimum absolute atomic E-state index is 0.101. The molecule has 2 aromatic carbocycles. The van der Waals surface area contributed by atoms with Crippen molar-refractivity contribution < 1.29 is 18.3 Å². The van der Waals surface area contributed by atoms with Gasteiger partial charge in [0.05, 0.1) is 17.0 Å². The Labute approximate surface area is 151 Å². The van der Waals surface area contributed by atoms with Crippen molar-refractivity contribution in [3.05, 3.63) is 77.5 Å². The maximum absolute atomic E-state index is 12.7. The van der Waals surface area contributed by atoms with E-state index < -0.39 is 15.8 Å². The molecule has 0 bridgehead atoms. The first-order valence-corrected chi connectivity index (χ1v) is 9.46. The summed E-state index contributed by atoms with van der Waals surface area (Å²) in [5, 5.41) is 8.68. The number of carbonyl (C=O) groups is 1. The Morgan fingerprint density at radius 3 is 2.27 bits per heavy atom. The number of rotatable bonds is 5. The van der Waals surface area contributed by atoms with E-state index in [2.05, 4.69) is 9.97 Å². The van der Waals surface area contributed by atoms with Crippen molar-refractivity contribution in [2.24, 2.45) is 0 Å². The lowest BCUT2D eigenvalue weighted by atomic mass is 10.1. The molecule has 0 saturated heterocycles. The van der Waals surface area contributed by atoms with E-state index in [4.69, 9.17) is 5.11 Å². The average molecular weight is 368 g/mol. The summed E-state index contributed by atoms with van der Waals surface area (Å²) in [6, 6.07) is 16.7. The number of aromatic nitrogens is 2. The van der Waals surface area contributed by atoms with Crippen LogP contribution in [-0.2, 0) is 15.6 Å². The van der Waals surface area contributed by atoms with Crippen LogP contribution in [0.4, 0.5) is 0 Å². The highest BCUT2D eigenvalue weighted by Crippen LogP contribution is 2.21. The smallest absolute Gasteiger partial charge is 0.335 e. The number of sulfone groups is 1. The molecule has 0 fully saturated rings. The Kier molecular flexibility index (Phi) is 4.81. The molecule has 0 saturated carbocycles. The molecule has 0 amide bonds. The minimum Gasteiger partial charge on any atom is -0.478 e. The van der Waals surface area contributed by atoms with Crippen LogP contribution >= 0.6 is 0 Å². The van der Waals surface area contributed by atoms with Crippen LogP contribution in [0.15, 0.2) is 65.8 Å². The standard InChI is InChI=1S/C19H16N2O4S/c1-13-11-17(15-5-3-2-4-6-15)21-19(20-13)26(24,25)12-14-7-9-16(10-8-14)18(22)23/h2-11H,12H2,1H3,(H,22,23). The van der Waals surface area contributed by atoms with Gasteiger partial charge in [0, 0.05) is 11.3 Å². The van der Waals surface area contributed by atoms with E-state index in [1.165, 1.54) is 24.3 Å². The van der Waals surface area contributed by atoms with Gasteiger partial charge >= 0.3 is 5.97 Å². The first kappa shape index (κ1) is 17.8. The summed E-state index contributed by atoms with van der Waals surface area (Å²) >= 11 is 0. The normalized spacial score (nSPS) is 11.3. The van der Waals surface area contributed by atoms with E-state index in [0.717, 1.165) is 5.56 Å². The van der Waals surface area contributed by atoms with Crippen LogP contribution in [0, 0.1) is 6.92 Å². The number of carboxylic acids is 1. The number of nitrogens with zero attached hydrogens (tertiary/aromatic N) is 2. The molecule has 0 aliphatic carbocycles. The second-order valence-corrected chi connectivity index (χ2v) is 7.69. The molecule has 1 N–H and O–H groups in total. The van der Waals surface area contributed by atoms with Gasteiger partial charge in [0.15, 0.2) is 0 Å². The molecular formula is C19H16N2O4S. The van der Waals surface area contributed by atoms with Crippen molar-refractivity contribution in [2.45, 2.75) is 17.8 Å². The Hall–Kier alpha value is -3.06. The van der Waals surface area contributed by atoms with Crippen LogP contribution in [0.2, 0.25) is 0 Å². The van der Waals surface area contributed by atoms with E-state index in [-0.39, 0.29) is 16.5 Å². The van der Waals surface area contributed by atoms with Gasteiger partial charge in [-0.1, -0.05) is 42.5 Å². The van der Waals surface area contributed by atoms with Crippen LogP contribution in [0.3, 0.4) is 0 Å². The third-order valence-electron chi connectivity index (χ3n) is 3.74. The van der Waals surface area contributed by atoms with Crippen LogP contribution in [0.5, 0.6) is 0 Å². The third-order valence-corrected chi connectivity index (χ3v) is 5.19. The molecule has 0 aliphatic rings. The summed E-state index contributed by atoms with van der Waals surface area (Å²) in [4.78, 5) is 19.2. The maximum atomic E-state index is 12.7. The number of carboxylic acid groups (broad SMARTS) is 1. The van der Waals surface area contributed by atoms with E-state index in [1.54, 1.807) is 13.0 Å². The van der Waals surface area contributed by atoms with Crippen molar-refractivity contribution in [2.75, 3.05) is 0 Å². The van der Waals surface area contributed by atoms with Crippen molar-refractivity contribution in [1.29, 1.82) is 0 Å². The summed E-state index contributed by atoms with van der Waals surface area (Å²) in [7, 11) is -3.77. The van der Waals surface area contributed by atoms with E-state index in [0.29, 0.717) is 17.0 Å². The van der Waals surface area contributed by atoms with Gasteiger partial charge in [-0.15, -0.1) is 0 Å². The van der Waals surface area contributed by atoms with E-state index in [1.807, 2.05) is 30.3 Å². The van der Waals surface area contributed by atoms with Gasteiger partial charge in [-0.25, -0.2) is 23.2 Å². The third kappa shape index (κ3) is 3.94. The highest BCUT2D eigenvalue weighted by molar-refractivity contribution is 7.90. The lowest BCUT2D eigenvalue weighted by Gasteiger charge is -2.08. The zero-order chi connectivity index (χ0) is 18.7. The molecule has 26 heavy (non-hydrogen) atoms. The molecule has 0 spiro atoms. The number of hydrogen-bond donors (Lipinski definition) is 1. The van der Waals surface area contributed by atoms with Crippen LogP contribution in [-0.4, -0.2) is 29.5 Å². The molecule has 132 valence electrons. The Balaban J connectivity index is 1.94. The average Bonchev–Trinajstić information content (AvgIpc) is 2.62. The molecule has 6 nitrogen and oxygen atoms in total. The quantitative estimate of drug-likeness (QED) is 0.695. The highest BCUT2D eigenvalue weighted by atomic mass is 32.2. The predicted octanol–water partition coefficient (Wildman–Crippen LogP) is 3.12. The summed E-state index contributed by atoms with van der Waals surface area (Å²) in [6.45, 7) is 1.72. The van der Waals surface area contributed by atoms with Gasteiger partial charge in [-0.05, 0) is 30.7 Å². The Morgan fingerprint density at radius 1 is 1.00 bits per heavy atom. The fourth-order valence-corrected chi connectivity index (χ4v) is 3.75. The predicted molar refractivity (Wildman–Crippen MR) is 96.5 cm³/mol. The molecule has 0 aliphatic heterocycles. The van der Waals surface area contributed by atoms with E-state index >= 15 is 0 Å². The lowest BCUT2D eigenvalue weighted by Crippen LogP contribution is -2.11. The summed E-state index contributed by atoms with van der Waals surface area (Å²) in [5.41, 5.74) is 2.47. The lowest BCUT2D eigenvalue weighted by molar-refractivity contribution is 0.0697. The van der Waals surface area contributed by atoms with Gasteiger partial charge in [-0.2, -0.15) is 0 Å². The first-order chi connectivity index (χ1) is 12.3. The van der Waals surface area contributed by atoms with E-state index in [9.17, 15) is 13.2 Å². The monoisotopic (exact) mass is 368 g/mol. The number of hydrogen-bond acceptors (Lipinski definition) is 5. The zero-order valence-corrected chi connectivity index (χ0v) is 14.8. The molecular weight excluding hydrogens is 352 g/mol.